The van der Waals surface area contributed by atoms with Gasteiger partial charge in [-0.1, -0.05) is 24.3 Å². The minimum Gasteiger partial charge on any atom is -0.396 e. The van der Waals surface area contributed by atoms with Crippen molar-refractivity contribution in [1.29, 1.82) is 0 Å². The van der Waals surface area contributed by atoms with Gasteiger partial charge in [0, 0.05) is 12.6 Å². The molecule has 0 spiro atoms. The number of halogens is 1. The van der Waals surface area contributed by atoms with Crippen LogP contribution < -0.4 is 5.32 Å². The second-order valence-corrected chi connectivity index (χ2v) is 3.91. The highest BCUT2D eigenvalue weighted by molar-refractivity contribution is 5.85. The maximum Gasteiger partial charge on any atom is 0.0443 e. The highest BCUT2D eigenvalue weighted by Gasteiger charge is 2.19. The molecule has 2 nitrogen and oxygen atoms in total. The molecule has 0 aliphatic heterocycles. The average Bonchev–Trinajstić information content (AvgIpc) is 2.60. The van der Waals surface area contributed by atoms with Crippen LogP contribution in [0.1, 0.15) is 17.5 Å². The molecule has 3 heteroatoms. The molecule has 84 valence electrons. The summed E-state index contributed by atoms with van der Waals surface area (Å²) < 4.78 is 0. The zero-order valence-corrected chi connectivity index (χ0v) is 9.59. The van der Waals surface area contributed by atoms with Crippen molar-refractivity contribution in [2.75, 3.05) is 13.2 Å². The molecule has 0 radical (unpaired) electrons. The lowest BCUT2D eigenvalue weighted by Crippen LogP contribution is -2.30. The fourth-order valence-electron chi connectivity index (χ4n) is 2.09. The van der Waals surface area contributed by atoms with Crippen LogP contribution in [0.5, 0.6) is 0 Å². The largest absolute Gasteiger partial charge is 0.396 e. The molecule has 15 heavy (non-hydrogen) atoms. The average molecular weight is 228 g/mol. The third kappa shape index (κ3) is 3.20. The first kappa shape index (κ1) is 12.5. The lowest BCUT2D eigenvalue weighted by Gasteiger charge is -2.10. The van der Waals surface area contributed by atoms with E-state index in [1.807, 2.05) is 0 Å². The van der Waals surface area contributed by atoms with E-state index in [-0.39, 0.29) is 19.0 Å². The molecule has 0 heterocycles. The summed E-state index contributed by atoms with van der Waals surface area (Å²) in [5.41, 5.74) is 2.96. The monoisotopic (exact) mass is 227 g/mol. The zero-order chi connectivity index (χ0) is 9.80. The van der Waals surface area contributed by atoms with Crippen molar-refractivity contribution in [2.24, 2.45) is 0 Å². The number of fused-ring (bicyclic) bond motifs is 1. The summed E-state index contributed by atoms with van der Waals surface area (Å²) in [7, 11) is 0. The number of aliphatic hydroxyl groups is 1. The first-order chi connectivity index (χ1) is 6.90. The molecule has 0 saturated heterocycles. The van der Waals surface area contributed by atoms with Crippen LogP contribution >= 0.6 is 12.4 Å². The van der Waals surface area contributed by atoms with Gasteiger partial charge in [-0.2, -0.15) is 0 Å². The molecule has 1 aliphatic rings. The Morgan fingerprint density at radius 3 is 2.33 bits per heavy atom. The fraction of sp³-hybridized carbons (Fsp3) is 0.500. The van der Waals surface area contributed by atoms with E-state index in [0.29, 0.717) is 6.04 Å². The third-order valence-corrected chi connectivity index (χ3v) is 2.82. The van der Waals surface area contributed by atoms with E-state index >= 15 is 0 Å². The van der Waals surface area contributed by atoms with Gasteiger partial charge in [-0.3, -0.25) is 0 Å². The smallest absolute Gasteiger partial charge is 0.0443 e. The van der Waals surface area contributed by atoms with E-state index in [1.165, 1.54) is 11.1 Å². The number of hydrogen-bond donors (Lipinski definition) is 2. The lowest BCUT2D eigenvalue weighted by atomic mass is 10.1. The maximum atomic E-state index is 8.67. The van der Waals surface area contributed by atoms with E-state index in [9.17, 15) is 0 Å². The highest BCUT2D eigenvalue weighted by Crippen LogP contribution is 2.21. The zero-order valence-electron chi connectivity index (χ0n) is 8.78. The van der Waals surface area contributed by atoms with Gasteiger partial charge in [0.05, 0.1) is 0 Å². The Morgan fingerprint density at radius 2 is 1.80 bits per heavy atom. The van der Waals surface area contributed by atoms with Crippen LogP contribution in [0.4, 0.5) is 0 Å². The summed E-state index contributed by atoms with van der Waals surface area (Å²) in [6, 6.07) is 9.22. The second-order valence-electron chi connectivity index (χ2n) is 3.91. The molecule has 2 rings (SSSR count). The van der Waals surface area contributed by atoms with E-state index in [1.54, 1.807) is 0 Å². The van der Waals surface area contributed by atoms with Gasteiger partial charge < -0.3 is 10.4 Å². The second kappa shape index (κ2) is 6.11. The first-order valence-electron chi connectivity index (χ1n) is 5.31. The van der Waals surface area contributed by atoms with Gasteiger partial charge in [-0.15, -0.1) is 12.4 Å². The number of rotatable bonds is 4. The SMILES string of the molecule is Cl.OCCCNC1Cc2ccccc2C1. The van der Waals surface area contributed by atoms with Crippen molar-refractivity contribution in [3.05, 3.63) is 35.4 Å². The van der Waals surface area contributed by atoms with E-state index in [0.717, 1.165) is 25.8 Å². The van der Waals surface area contributed by atoms with Gasteiger partial charge in [-0.05, 0) is 36.9 Å². The Kier molecular flexibility index (Phi) is 5.09. The summed E-state index contributed by atoms with van der Waals surface area (Å²) in [5.74, 6) is 0. The molecule has 0 amide bonds. The Bertz CT molecular complexity index is 278. The van der Waals surface area contributed by atoms with Gasteiger partial charge in [0.1, 0.15) is 0 Å². The van der Waals surface area contributed by atoms with E-state index < -0.39 is 0 Å². The van der Waals surface area contributed by atoms with Gasteiger partial charge in [0.15, 0.2) is 0 Å². The van der Waals surface area contributed by atoms with Crippen LogP contribution in [0.15, 0.2) is 24.3 Å². The van der Waals surface area contributed by atoms with Crippen LogP contribution in [0.3, 0.4) is 0 Å². The van der Waals surface area contributed by atoms with Crippen molar-refractivity contribution >= 4 is 12.4 Å². The Morgan fingerprint density at radius 1 is 1.20 bits per heavy atom. The minimum atomic E-state index is 0. The summed E-state index contributed by atoms with van der Waals surface area (Å²) in [4.78, 5) is 0. The molecule has 0 atom stereocenters. The maximum absolute atomic E-state index is 8.67. The van der Waals surface area contributed by atoms with Gasteiger partial charge in [0.25, 0.3) is 0 Å². The summed E-state index contributed by atoms with van der Waals surface area (Å²) >= 11 is 0. The molecule has 2 N–H and O–H groups in total. The number of aliphatic hydroxyl groups excluding tert-OH is 1. The summed E-state index contributed by atoms with van der Waals surface area (Å²) in [5, 5.41) is 12.1. The quantitative estimate of drug-likeness (QED) is 0.765. The van der Waals surface area contributed by atoms with Crippen molar-refractivity contribution in [3.63, 3.8) is 0 Å². The van der Waals surface area contributed by atoms with Gasteiger partial charge in [0.2, 0.25) is 0 Å². The van der Waals surface area contributed by atoms with Gasteiger partial charge in [-0.25, -0.2) is 0 Å². The van der Waals surface area contributed by atoms with E-state index in [4.69, 9.17) is 5.11 Å². The molecule has 1 aromatic carbocycles. The van der Waals surface area contributed by atoms with Crippen molar-refractivity contribution in [3.8, 4) is 0 Å². The molecule has 0 unspecified atom stereocenters. The number of hydrogen-bond acceptors (Lipinski definition) is 2. The van der Waals surface area contributed by atoms with Crippen molar-refractivity contribution in [2.45, 2.75) is 25.3 Å². The normalized spacial score (nSPS) is 14.7. The molecular formula is C12H18ClNO. The standard InChI is InChI=1S/C12H17NO.ClH/c14-7-3-6-13-12-8-10-4-1-2-5-11(10)9-12;/h1-2,4-5,12-14H,3,6-9H2;1H. The molecule has 1 aromatic rings. The topological polar surface area (TPSA) is 32.3 Å². The molecule has 0 aromatic heterocycles. The number of nitrogens with one attached hydrogen (secondary N) is 1. The highest BCUT2D eigenvalue weighted by atomic mass is 35.5. The number of benzene rings is 1. The predicted molar refractivity (Wildman–Crippen MR) is 64.6 cm³/mol. The molecule has 0 bridgehead atoms. The summed E-state index contributed by atoms with van der Waals surface area (Å²) in [6.07, 6.45) is 3.13. The van der Waals surface area contributed by atoms with Crippen molar-refractivity contribution < 1.29 is 5.11 Å². The Labute approximate surface area is 97.1 Å². The Balaban J connectivity index is 0.00000112. The molecule has 0 fully saturated rings. The van der Waals surface area contributed by atoms with Crippen molar-refractivity contribution in [1.82, 2.24) is 5.32 Å². The molecule has 0 saturated carbocycles. The van der Waals surface area contributed by atoms with E-state index in [2.05, 4.69) is 29.6 Å². The van der Waals surface area contributed by atoms with Crippen LogP contribution in [-0.4, -0.2) is 24.3 Å². The molecule has 1 aliphatic carbocycles. The van der Waals surface area contributed by atoms with Crippen LogP contribution in [0.25, 0.3) is 0 Å². The summed E-state index contributed by atoms with van der Waals surface area (Å²) in [6.45, 7) is 1.21. The fourth-order valence-corrected chi connectivity index (χ4v) is 2.09. The minimum absolute atomic E-state index is 0. The van der Waals surface area contributed by atoms with Gasteiger partial charge >= 0.3 is 0 Å². The Hall–Kier alpha value is -0.570. The third-order valence-electron chi connectivity index (χ3n) is 2.82. The lowest BCUT2D eigenvalue weighted by molar-refractivity contribution is 0.283. The van der Waals surface area contributed by atoms with Crippen LogP contribution in [0, 0.1) is 0 Å². The predicted octanol–water partition coefficient (Wildman–Crippen LogP) is 1.55. The van der Waals surface area contributed by atoms with Crippen LogP contribution in [-0.2, 0) is 12.8 Å². The van der Waals surface area contributed by atoms with Crippen LogP contribution in [0.2, 0.25) is 0 Å². The molecular weight excluding hydrogens is 210 g/mol. The first-order valence-corrected chi connectivity index (χ1v) is 5.31.